The lowest BCUT2D eigenvalue weighted by Gasteiger charge is -2.16. The molecule has 1 atom stereocenters. The molecule has 2 aromatic rings. The van der Waals surface area contributed by atoms with Gasteiger partial charge in [0, 0.05) is 19.7 Å². The van der Waals surface area contributed by atoms with Crippen molar-refractivity contribution < 1.29 is 13.9 Å². The number of nitrogens with zero attached hydrogens (tertiary/aromatic N) is 1. The van der Waals surface area contributed by atoms with Gasteiger partial charge in [0.1, 0.15) is 5.76 Å². The van der Waals surface area contributed by atoms with Crippen LogP contribution in [0.2, 0.25) is 0 Å². The fourth-order valence-electron chi connectivity index (χ4n) is 3.00. The summed E-state index contributed by atoms with van der Waals surface area (Å²) in [7, 11) is 0. The molecule has 1 saturated heterocycles. The van der Waals surface area contributed by atoms with Gasteiger partial charge < -0.3 is 14.1 Å². The number of likely N-dealkylation sites (tertiary alicyclic amines) is 1. The van der Waals surface area contributed by atoms with Crippen LogP contribution >= 0.6 is 0 Å². The van der Waals surface area contributed by atoms with Crippen molar-refractivity contribution in [1.82, 2.24) is 4.90 Å². The average molecular weight is 313 g/mol. The third-order valence-corrected chi connectivity index (χ3v) is 4.33. The lowest BCUT2D eigenvalue weighted by Crippen LogP contribution is -2.30. The van der Waals surface area contributed by atoms with E-state index in [1.807, 2.05) is 17.9 Å². The number of hydrogen-bond acceptors (Lipinski definition) is 3. The van der Waals surface area contributed by atoms with Crippen LogP contribution in [0.3, 0.4) is 0 Å². The van der Waals surface area contributed by atoms with Gasteiger partial charge in [-0.05, 0) is 37.8 Å². The molecule has 1 aromatic heterocycles. The number of carbonyl (C=O) groups excluding carboxylic acids is 1. The second kappa shape index (κ2) is 7.47. The molecule has 2 heterocycles. The third kappa shape index (κ3) is 4.02. The maximum Gasteiger partial charge on any atom is 0.257 e. The van der Waals surface area contributed by atoms with E-state index in [0.717, 1.165) is 32.4 Å². The zero-order valence-corrected chi connectivity index (χ0v) is 13.5. The van der Waals surface area contributed by atoms with E-state index in [1.165, 1.54) is 5.56 Å². The Kier molecular flexibility index (Phi) is 5.13. The molecule has 1 aromatic carbocycles. The Morgan fingerprint density at radius 3 is 2.87 bits per heavy atom. The Morgan fingerprint density at radius 2 is 2.13 bits per heavy atom. The topological polar surface area (TPSA) is 42.7 Å². The molecule has 1 aliphatic heterocycles. The Balaban J connectivity index is 1.40. The summed E-state index contributed by atoms with van der Waals surface area (Å²) in [6, 6.07) is 12.2. The molecule has 122 valence electrons. The molecular weight excluding hydrogens is 290 g/mol. The van der Waals surface area contributed by atoms with Gasteiger partial charge in [0.25, 0.3) is 5.91 Å². The van der Waals surface area contributed by atoms with Gasteiger partial charge in [-0.15, -0.1) is 0 Å². The molecule has 0 spiro atoms. The predicted molar refractivity (Wildman–Crippen MR) is 88.5 cm³/mol. The van der Waals surface area contributed by atoms with Crippen LogP contribution in [0.25, 0.3) is 0 Å². The molecule has 0 saturated carbocycles. The van der Waals surface area contributed by atoms with Crippen LogP contribution < -0.4 is 0 Å². The highest BCUT2D eigenvalue weighted by molar-refractivity contribution is 5.95. The molecule has 1 amide bonds. The minimum Gasteiger partial charge on any atom is -0.469 e. The van der Waals surface area contributed by atoms with Crippen molar-refractivity contribution in [2.45, 2.75) is 32.3 Å². The molecule has 1 fully saturated rings. The van der Waals surface area contributed by atoms with Crippen LogP contribution in [-0.2, 0) is 11.2 Å². The Morgan fingerprint density at radius 1 is 1.30 bits per heavy atom. The van der Waals surface area contributed by atoms with Gasteiger partial charge in [0.2, 0.25) is 0 Å². The van der Waals surface area contributed by atoms with Gasteiger partial charge in [-0.3, -0.25) is 4.79 Å². The van der Waals surface area contributed by atoms with Gasteiger partial charge in [-0.25, -0.2) is 0 Å². The maximum absolute atomic E-state index is 12.4. The highest BCUT2D eigenvalue weighted by atomic mass is 16.5. The van der Waals surface area contributed by atoms with Crippen LogP contribution in [0.5, 0.6) is 0 Å². The molecule has 4 heteroatoms. The molecule has 0 aliphatic carbocycles. The first-order chi connectivity index (χ1) is 11.2. The molecule has 0 bridgehead atoms. The number of furan rings is 1. The predicted octanol–water partition coefficient (Wildman–Crippen LogP) is 3.45. The van der Waals surface area contributed by atoms with Crippen LogP contribution in [0, 0.1) is 6.92 Å². The van der Waals surface area contributed by atoms with Gasteiger partial charge in [0.05, 0.1) is 17.9 Å². The first-order valence-electron chi connectivity index (χ1n) is 8.23. The largest absolute Gasteiger partial charge is 0.469 e. The normalized spacial score (nSPS) is 17.6. The minimum absolute atomic E-state index is 0.0478. The van der Waals surface area contributed by atoms with Crippen LogP contribution in [0.4, 0.5) is 0 Å². The molecule has 23 heavy (non-hydrogen) atoms. The van der Waals surface area contributed by atoms with Crippen molar-refractivity contribution in [2.24, 2.45) is 0 Å². The molecule has 0 N–H and O–H groups in total. The number of aryl methyl sites for hydroxylation is 2. The summed E-state index contributed by atoms with van der Waals surface area (Å²) in [4.78, 5) is 14.3. The molecule has 0 radical (unpaired) electrons. The van der Waals surface area contributed by atoms with Crippen LogP contribution in [0.1, 0.15) is 34.5 Å². The van der Waals surface area contributed by atoms with E-state index in [0.29, 0.717) is 17.9 Å². The van der Waals surface area contributed by atoms with Crippen molar-refractivity contribution in [3.05, 3.63) is 59.5 Å². The SMILES string of the molecule is Cc1occc1C(=O)N1CC[C@H](OCCCc2ccccc2)C1. The summed E-state index contributed by atoms with van der Waals surface area (Å²) in [5, 5.41) is 0. The second-order valence-corrected chi connectivity index (χ2v) is 6.01. The number of hydrogen-bond donors (Lipinski definition) is 0. The quantitative estimate of drug-likeness (QED) is 0.767. The lowest BCUT2D eigenvalue weighted by atomic mass is 10.1. The number of benzene rings is 1. The monoisotopic (exact) mass is 313 g/mol. The maximum atomic E-state index is 12.4. The lowest BCUT2D eigenvalue weighted by molar-refractivity contribution is 0.0524. The van der Waals surface area contributed by atoms with E-state index in [-0.39, 0.29) is 12.0 Å². The zero-order chi connectivity index (χ0) is 16.1. The first-order valence-corrected chi connectivity index (χ1v) is 8.23. The Labute approximate surface area is 137 Å². The van der Waals surface area contributed by atoms with Crippen molar-refractivity contribution in [1.29, 1.82) is 0 Å². The molecular formula is C19H23NO3. The van der Waals surface area contributed by atoms with E-state index in [1.54, 1.807) is 12.3 Å². The summed E-state index contributed by atoms with van der Waals surface area (Å²) in [6.07, 6.45) is 4.67. The molecule has 1 aliphatic rings. The number of ether oxygens (including phenoxy) is 1. The summed E-state index contributed by atoms with van der Waals surface area (Å²) < 4.78 is 11.2. The first kappa shape index (κ1) is 15.8. The fraction of sp³-hybridized carbons (Fsp3) is 0.421. The van der Waals surface area contributed by atoms with Crippen molar-refractivity contribution in [2.75, 3.05) is 19.7 Å². The van der Waals surface area contributed by atoms with Crippen LogP contribution in [0.15, 0.2) is 47.1 Å². The summed E-state index contributed by atoms with van der Waals surface area (Å²) in [5.74, 6) is 0.730. The zero-order valence-electron chi connectivity index (χ0n) is 13.5. The highest BCUT2D eigenvalue weighted by Gasteiger charge is 2.28. The van der Waals surface area contributed by atoms with Gasteiger partial charge >= 0.3 is 0 Å². The third-order valence-electron chi connectivity index (χ3n) is 4.33. The number of amides is 1. The molecule has 4 nitrogen and oxygen atoms in total. The highest BCUT2D eigenvalue weighted by Crippen LogP contribution is 2.19. The van der Waals surface area contributed by atoms with Gasteiger partial charge in [0.15, 0.2) is 0 Å². The van der Waals surface area contributed by atoms with Gasteiger partial charge in [-0.2, -0.15) is 0 Å². The van der Waals surface area contributed by atoms with Crippen molar-refractivity contribution >= 4 is 5.91 Å². The fourth-order valence-corrected chi connectivity index (χ4v) is 3.00. The summed E-state index contributed by atoms with van der Waals surface area (Å²) in [5.41, 5.74) is 2.00. The summed E-state index contributed by atoms with van der Waals surface area (Å²) >= 11 is 0. The standard InChI is InChI=1S/C19H23NO3/c1-15-18(10-13-22-15)19(21)20-11-9-17(14-20)23-12-5-8-16-6-3-2-4-7-16/h2-4,6-7,10,13,17H,5,8-9,11-12,14H2,1H3/t17-/m0/s1. The van der Waals surface area contributed by atoms with Crippen molar-refractivity contribution in [3.63, 3.8) is 0 Å². The number of carbonyl (C=O) groups is 1. The average Bonchev–Trinajstić information content (AvgIpc) is 3.21. The van der Waals surface area contributed by atoms with Crippen LogP contribution in [-0.4, -0.2) is 36.6 Å². The minimum atomic E-state index is 0.0478. The van der Waals surface area contributed by atoms with E-state index >= 15 is 0 Å². The smallest absolute Gasteiger partial charge is 0.257 e. The second-order valence-electron chi connectivity index (χ2n) is 6.01. The van der Waals surface area contributed by atoms with Crippen molar-refractivity contribution in [3.8, 4) is 0 Å². The van der Waals surface area contributed by atoms with E-state index in [2.05, 4.69) is 24.3 Å². The Hall–Kier alpha value is -2.07. The Bertz CT molecular complexity index is 635. The van der Waals surface area contributed by atoms with Gasteiger partial charge in [-0.1, -0.05) is 30.3 Å². The molecule has 3 rings (SSSR count). The summed E-state index contributed by atoms with van der Waals surface area (Å²) in [6.45, 7) is 3.99. The number of rotatable bonds is 6. The van der Waals surface area contributed by atoms with E-state index in [4.69, 9.17) is 9.15 Å². The molecule has 0 unspecified atom stereocenters. The van der Waals surface area contributed by atoms with E-state index in [9.17, 15) is 4.79 Å². The van der Waals surface area contributed by atoms with E-state index < -0.39 is 0 Å².